The highest BCUT2D eigenvalue weighted by atomic mass is 127. The number of carbonyl (C=O) groups is 1. The van der Waals surface area contributed by atoms with E-state index in [2.05, 4.69) is 5.32 Å². The third-order valence-corrected chi connectivity index (χ3v) is 4.36. The van der Waals surface area contributed by atoms with Crippen LogP contribution in [0.5, 0.6) is 17.2 Å². The lowest BCUT2D eigenvalue weighted by Gasteiger charge is -2.13. The summed E-state index contributed by atoms with van der Waals surface area (Å²) in [7, 11) is 2.97. The van der Waals surface area contributed by atoms with Crippen LogP contribution >= 0.6 is 22.6 Å². The molecule has 2 aromatic carbocycles. The van der Waals surface area contributed by atoms with Crippen LogP contribution in [0.3, 0.4) is 0 Å². The van der Waals surface area contributed by atoms with Crippen LogP contribution in [0.1, 0.15) is 15.9 Å². The zero-order valence-corrected chi connectivity index (χ0v) is 16.7. The quantitative estimate of drug-likeness (QED) is 0.586. The summed E-state index contributed by atoms with van der Waals surface area (Å²) < 4.78 is 52.5. The van der Waals surface area contributed by atoms with E-state index in [1.165, 1.54) is 26.4 Å². The Kier molecular flexibility index (Phi) is 7.17. The molecule has 1 N–H and O–H groups in total. The average Bonchev–Trinajstić information content (AvgIpc) is 2.64. The summed E-state index contributed by atoms with van der Waals surface area (Å²) >= 11 is 2.01. The van der Waals surface area contributed by atoms with Gasteiger partial charge in [0.1, 0.15) is 5.75 Å². The molecule has 0 aliphatic heterocycles. The van der Waals surface area contributed by atoms with E-state index in [4.69, 9.17) is 14.2 Å². The van der Waals surface area contributed by atoms with Gasteiger partial charge in [0.25, 0.3) is 5.91 Å². The molecule has 146 valence electrons. The molecule has 9 heteroatoms. The standard InChI is InChI=1S/C18H17F3INO4/c1-25-15-7-13(14(22)8-16(15)26-2)17(24)23-9-11-4-3-5-12(6-11)27-10-18(19,20)21/h3-8H,9-10H2,1-2H3,(H,23,24). The Bertz CT molecular complexity index is 812. The molecule has 5 nitrogen and oxygen atoms in total. The van der Waals surface area contributed by atoms with Gasteiger partial charge in [-0.3, -0.25) is 4.79 Å². The van der Waals surface area contributed by atoms with E-state index < -0.39 is 12.8 Å². The smallest absolute Gasteiger partial charge is 0.422 e. The number of nitrogens with one attached hydrogen (secondary N) is 1. The van der Waals surface area contributed by atoms with Crippen molar-refractivity contribution in [2.45, 2.75) is 12.7 Å². The summed E-state index contributed by atoms with van der Waals surface area (Å²) in [6.45, 7) is -1.24. The van der Waals surface area contributed by atoms with Gasteiger partial charge in [-0.25, -0.2) is 0 Å². The highest BCUT2D eigenvalue weighted by Gasteiger charge is 2.28. The molecule has 0 saturated carbocycles. The maximum atomic E-state index is 12.5. The number of carbonyl (C=O) groups excluding carboxylic acids is 1. The molecule has 0 radical (unpaired) electrons. The van der Waals surface area contributed by atoms with Crippen LogP contribution in [-0.4, -0.2) is 32.9 Å². The number of halogens is 4. The molecule has 0 aromatic heterocycles. The molecule has 2 aromatic rings. The molecule has 0 aliphatic rings. The summed E-state index contributed by atoms with van der Waals surface area (Å²) in [5, 5.41) is 2.73. The largest absolute Gasteiger partial charge is 0.493 e. The SMILES string of the molecule is COc1cc(I)c(C(=O)NCc2cccc(OCC(F)(F)F)c2)cc1OC. The number of rotatable bonds is 7. The highest BCUT2D eigenvalue weighted by molar-refractivity contribution is 14.1. The lowest BCUT2D eigenvalue weighted by atomic mass is 10.1. The van der Waals surface area contributed by atoms with Crippen LogP contribution in [0.15, 0.2) is 36.4 Å². The summed E-state index contributed by atoms with van der Waals surface area (Å²) in [4.78, 5) is 12.5. The maximum Gasteiger partial charge on any atom is 0.422 e. The Labute approximate surface area is 167 Å². The molecule has 0 heterocycles. The van der Waals surface area contributed by atoms with Crippen LogP contribution in [0.4, 0.5) is 13.2 Å². The van der Waals surface area contributed by atoms with Crippen molar-refractivity contribution in [2.24, 2.45) is 0 Å². The van der Waals surface area contributed by atoms with E-state index in [-0.39, 0.29) is 18.2 Å². The first-order chi connectivity index (χ1) is 12.7. The van der Waals surface area contributed by atoms with Gasteiger partial charge in [-0.05, 0) is 52.4 Å². The Hall–Kier alpha value is -2.17. The zero-order chi connectivity index (χ0) is 20.0. The molecule has 2 rings (SSSR count). The average molecular weight is 495 g/mol. The molecular weight excluding hydrogens is 478 g/mol. The molecule has 0 spiro atoms. The van der Waals surface area contributed by atoms with Gasteiger partial charge >= 0.3 is 6.18 Å². The first-order valence-electron chi connectivity index (χ1n) is 7.71. The van der Waals surface area contributed by atoms with Crippen molar-refractivity contribution in [1.82, 2.24) is 5.32 Å². The Morgan fingerprint density at radius 3 is 2.41 bits per heavy atom. The number of alkyl halides is 3. The zero-order valence-electron chi connectivity index (χ0n) is 14.5. The predicted molar refractivity (Wildman–Crippen MR) is 101 cm³/mol. The predicted octanol–water partition coefficient (Wildman–Crippen LogP) is 4.18. The number of ether oxygens (including phenoxy) is 3. The van der Waals surface area contributed by atoms with Crippen LogP contribution < -0.4 is 19.5 Å². The van der Waals surface area contributed by atoms with Crippen LogP contribution in [0, 0.1) is 3.57 Å². The molecule has 1 amide bonds. The number of hydrogen-bond acceptors (Lipinski definition) is 4. The second-order valence-corrected chi connectivity index (χ2v) is 6.58. The van der Waals surface area contributed by atoms with Crippen molar-refractivity contribution >= 4 is 28.5 Å². The van der Waals surface area contributed by atoms with Crippen molar-refractivity contribution in [2.75, 3.05) is 20.8 Å². The van der Waals surface area contributed by atoms with Crippen molar-refractivity contribution < 1.29 is 32.2 Å². The molecule has 0 atom stereocenters. The first-order valence-corrected chi connectivity index (χ1v) is 8.79. The summed E-state index contributed by atoms with van der Waals surface area (Å²) in [5.74, 6) is 0.667. The van der Waals surface area contributed by atoms with Crippen LogP contribution in [-0.2, 0) is 6.54 Å². The summed E-state index contributed by atoms with van der Waals surface area (Å²) in [6.07, 6.45) is -4.41. The fourth-order valence-electron chi connectivity index (χ4n) is 2.22. The molecule has 0 fully saturated rings. The number of benzene rings is 2. The van der Waals surface area contributed by atoms with Crippen molar-refractivity contribution in [1.29, 1.82) is 0 Å². The third-order valence-electron chi connectivity index (χ3n) is 3.47. The minimum absolute atomic E-state index is 0.0831. The van der Waals surface area contributed by atoms with Crippen molar-refractivity contribution in [3.63, 3.8) is 0 Å². The lowest BCUT2D eigenvalue weighted by molar-refractivity contribution is -0.153. The molecular formula is C18H17F3INO4. The molecule has 27 heavy (non-hydrogen) atoms. The van der Waals surface area contributed by atoms with Gasteiger partial charge in [0.2, 0.25) is 0 Å². The molecule has 0 saturated heterocycles. The first kappa shape index (κ1) is 21.1. The van der Waals surface area contributed by atoms with E-state index in [9.17, 15) is 18.0 Å². The van der Waals surface area contributed by atoms with Gasteiger partial charge in [0.05, 0.1) is 19.8 Å². The van der Waals surface area contributed by atoms with Crippen LogP contribution in [0.25, 0.3) is 0 Å². The number of methoxy groups -OCH3 is 2. The van der Waals surface area contributed by atoms with E-state index in [0.717, 1.165) is 0 Å². The number of amides is 1. The monoisotopic (exact) mass is 495 g/mol. The topological polar surface area (TPSA) is 56.8 Å². The minimum atomic E-state index is -4.41. The number of hydrogen-bond donors (Lipinski definition) is 1. The van der Waals surface area contributed by atoms with Crippen molar-refractivity contribution in [3.05, 3.63) is 51.1 Å². The Morgan fingerprint density at radius 1 is 1.11 bits per heavy atom. The van der Waals surface area contributed by atoms with Gasteiger partial charge in [0.15, 0.2) is 18.1 Å². The Balaban J connectivity index is 2.05. The second kappa shape index (κ2) is 9.16. The van der Waals surface area contributed by atoms with Gasteiger partial charge in [-0.15, -0.1) is 0 Å². The molecule has 0 unspecified atom stereocenters. The molecule has 0 bridgehead atoms. The summed E-state index contributed by atoms with van der Waals surface area (Å²) in [6, 6.07) is 9.37. The minimum Gasteiger partial charge on any atom is -0.493 e. The van der Waals surface area contributed by atoms with Gasteiger partial charge < -0.3 is 19.5 Å². The van der Waals surface area contributed by atoms with Gasteiger partial charge in [0, 0.05) is 10.1 Å². The van der Waals surface area contributed by atoms with Gasteiger partial charge in [-0.2, -0.15) is 13.2 Å². The van der Waals surface area contributed by atoms with Crippen molar-refractivity contribution in [3.8, 4) is 17.2 Å². The fraction of sp³-hybridized carbons (Fsp3) is 0.278. The Morgan fingerprint density at radius 2 is 1.78 bits per heavy atom. The van der Waals surface area contributed by atoms with E-state index in [0.29, 0.717) is 26.2 Å². The van der Waals surface area contributed by atoms with E-state index >= 15 is 0 Å². The fourth-order valence-corrected chi connectivity index (χ4v) is 2.90. The normalized spacial score (nSPS) is 11.0. The lowest BCUT2D eigenvalue weighted by Crippen LogP contribution is -2.24. The maximum absolute atomic E-state index is 12.5. The van der Waals surface area contributed by atoms with Gasteiger partial charge in [-0.1, -0.05) is 12.1 Å². The summed E-state index contributed by atoms with van der Waals surface area (Å²) in [5.41, 5.74) is 1.01. The highest BCUT2D eigenvalue weighted by Crippen LogP contribution is 2.31. The molecule has 0 aliphatic carbocycles. The van der Waals surface area contributed by atoms with Crippen LogP contribution in [0.2, 0.25) is 0 Å². The van der Waals surface area contributed by atoms with E-state index in [1.807, 2.05) is 22.6 Å². The second-order valence-electron chi connectivity index (χ2n) is 5.42. The third kappa shape index (κ3) is 6.19. The van der Waals surface area contributed by atoms with E-state index in [1.54, 1.807) is 24.3 Å².